The fraction of sp³-hybridized carbons (Fsp3) is 1.00. The van der Waals surface area contributed by atoms with Gasteiger partial charge in [-0.2, -0.15) is 0 Å². The van der Waals surface area contributed by atoms with Crippen LogP contribution in [0.3, 0.4) is 0 Å². The Labute approximate surface area is 100 Å². The standard InChI is InChI=1S/C6H14NO.K/c1-6(2,8)5-7(3)4;/h5H2,1-4H3;/q-1;+1. The molecular weight excluding hydrogens is 141 g/mol. The molecule has 0 rings (SSSR count). The number of hydrogen-bond donors (Lipinski definition) is 0. The summed E-state index contributed by atoms with van der Waals surface area (Å²) in [7, 11) is 3.80. The minimum absolute atomic E-state index is 0. The van der Waals surface area contributed by atoms with E-state index < -0.39 is 5.60 Å². The average molecular weight is 155 g/mol. The monoisotopic (exact) mass is 155 g/mol. The summed E-state index contributed by atoms with van der Waals surface area (Å²) in [6.45, 7) is 3.98. The van der Waals surface area contributed by atoms with Crippen molar-refractivity contribution in [2.24, 2.45) is 0 Å². The first-order valence-electron chi connectivity index (χ1n) is 2.77. The molecule has 0 unspecified atom stereocenters. The Balaban J connectivity index is 0. The second-order valence-corrected chi connectivity index (χ2v) is 3.00. The first-order chi connectivity index (χ1) is 3.42. The molecule has 0 aromatic rings. The third kappa shape index (κ3) is 12.7. The smallest absolute Gasteiger partial charge is 0.849 e. The van der Waals surface area contributed by atoms with Gasteiger partial charge in [0.15, 0.2) is 0 Å². The van der Waals surface area contributed by atoms with E-state index in [1.807, 2.05) is 19.0 Å². The van der Waals surface area contributed by atoms with Gasteiger partial charge >= 0.3 is 51.4 Å². The Kier molecular flexibility index (Phi) is 7.66. The topological polar surface area (TPSA) is 26.3 Å². The molecule has 0 spiro atoms. The van der Waals surface area contributed by atoms with Crippen LogP contribution in [0.5, 0.6) is 0 Å². The minimum atomic E-state index is -0.802. The predicted octanol–water partition coefficient (Wildman–Crippen LogP) is -3.31. The van der Waals surface area contributed by atoms with Crippen molar-refractivity contribution in [1.82, 2.24) is 4.90 Å². The van der Waals surface area contributed by atoms with Gasteiger partial charge in [-0.25, -0.2) is 0 Å². The quantitative estimate of drug-likeness (QED) is 0.390. The van der Waals surface area contributed by atoms with Crippen molar-refractivity contribution in [3.8, 4) is 0 Å². The summed E-state index contributed by atoms with van der Waals surface area (Å²) in [5.41, 5.74) is -0.802. The molecule has 0 aromatic carbocycles. The zero-order valence-electron chi connectivity index (χ0n) is 7.06. The fourth-order valence-corrected chi connectivity index (χ4v) is 0.762. The van der Waals surface area contributed by atoms with E-state index in [1.165, 1.54) is 0 Å². The number of nitrogens with zero attached hydrogens (tertiary/aromatic N) is 1. The Bertz CT molecular complexity index is 67.9. The van der Waals surface area contributed by atoms with Crippen molar-refractivity contribution in [3.63, 3.8) is 0 Å². The summed E-state index contributed by atoms with van der Waals surface area (Å²) in [4.78, 5) is 1.90. The van der Waals surface area contributed by atoms with Gasteiger partial charge in [0.1, 0.15) is 0 Å². The van der Waals surface area contributed by atoms with Crippen LogP contribution < -0.4 is 56.5 Å². The summed E-state index contributed by atoms with van der Waals surface area (Å²) >= 11 is 0. The molecule has 0 aliphatic rings. The summed E-state index contributed by atoms with van der Waals surface area (Å²) in [6.07, 6.45) is 0. The van der Waals surface area contributed by atoms with Crippen molar-refractivity contribution >= 4 is 0 Å². The molecule has 2 nitrogen and oxygen atoms in total. The Morgan fingerprint density at radius 1 is 1.33 bits per heavy atom. The molecule has 0 saturated carbocycles. The van der Waals surface area contributed by atoms with Gasteiger partial charge in [0.2, 0.25) is 0 Å². The van der Waals surface area contributed by atoms with Crippen LogP contribution in [0, 0.1) is 0 Å². The molecule has 3 heteroatoms. The van der Waals surface area contributed by atoms with Crippen LogP contribution in [0.2, 0.25) is 0 Å². The molecular formula is C6H14KNO. The summed E-state index contributed by atoms with van der Waals surface area (Å²) in [6, 6.07) is 0. The van der Waals surface area contributed by atoms with Gasteiger partial charge in [-0.15, -0.1) is 5.60 Å². The Morgan fingerprint density at radius 2 is 1.67 bits per heavy atom. The molecule has 0 amide bonds. The fourth-order valence-electron chi connectivity index (χ4n) is 0.762. The van der Waals surface area contributed by atoms with Crippen LogP contribution in [0.25, 0.3) is 0 Å². The van der Waals surface area contributed by atoms with E-state index in [-0.39, 0.29) is 51.4 Å². The third-order valence-corrected chi connectivity index (χ3v) is 0.697. The van der Waals surface area contributed by atoms with Gasteiger partial charge in [-0.1, -0.05) is 13.8 Å². The SMILES string of the molecule is CN(C)CC(C)(C)[O-].[K+]. The largest absolute Gasteiger partial charge is 1.00 e. The summed E-state index contributed by atoms with van der Waals surface area (Å²) < 4.78 is 0. The molecule has 0 atom stereocenters. The molecule has 0 aliphatic carbocycles. The molecule has 0 N–H and O–H groups in total. The zero-order chi connectivity index (χ0) is 6.78. The van der Waals surface area contributed by atoms with Crippen molar-refractivity contribution in [3.05, 3.63) is 0 Å². The number of likely N-dealkylation sites (N-methyl/N-ethyl adjacent to an activating group) is 1. The van der Waals surface area contributed by atoms with E-state index in [0.717, 1.165) is 0 Å². The van der Waals surface area contributed by atoms with Crippen LogP contribution >= 0.6 is 0 Å². The first kappa shape index (κ1) is 13.2. The zero-order valence-corrected chi connectivity index (χ0v) is 10.2. The molecule has 0 radical (unpaired) electrons. The van der Waals surface area contributed by atoms with Crippen molar-refractivity contribution < 1.29 is 56.5 Å². The third-order valence-electron chi connectivity index (χ3n) is 0.697. The predicted molar refractivity (Wildman–Crippen MR) is 32.6 cm³/mol. The minimum Gasteiger partial charge on any atom is -0.849 e. The molecule has 0 aromatic heterocycles. The maximum absolute atomic E-state index is 10.9. The molecule has 0 heterocycles. The Morgan fingerprint density at radius 3 is 1.67 bits per heavy atom. The molecule has 0 saturated heterocycles. The van der Waals surface area contributed by atoms with Crippen molar-refractivity contribution in [1.29, 1.82) is 0 Å². The summed E-state index contributed by atoms with van der Waals surface area (Å²) in [5.74, 6) is 0. The van der Waals surface area contributed by atoms with E-state index >= 15 is 0 Å². The maximum Gasteiger partial charge on any atom is 1.00 e. The normalized spacial score (nSPS) is 11.3. The van der Waals surface area contributed by atoms with Gasteiger partial charge in [0.05, 0.1) is 0 Å². The van der Waals surface area contributed by atoms with Crippen LogP contribution in [0.4, 0.5) is 0 Å². The number of rotatable bonds is 2. The van der Waals surface area contributed by atoms with Crippen molar-refractivity contribution in [2.45, 2.75) is 19.4 Å². The van der Waals surface area contributed by atoms with E-state index in [9.17, 15) is 5.11 Å². The van der Waals surface area contributed by atoms with E-state index in [0.29, 0.717) is 6.54 Å². The first-order valence-corrected chi connectivity index (χ1v) is 2.77. The molecule has 50 valence electrons. The Hall–Kier alpha value is 1.56. The molecule has 0 aliphatic heterocycles. The van der Waals surface area contributed by atoms with Crippen LogP contribution in [-0.4, -0.2) is 31.1 Å². The van der Waals surface area contributed by atoms with Crippen molar-refractivity contribution in [2.75, 3.05) is 20.6 Å². The van der Waals surface area contributed by atoms with E-state index in [4.69, 9.17) is 0 Å². The average Bonchev–Trinajstić information content (AvgIpc) is 1.21. The van der Waals surface area contributed by atoms with Gasteiger partial charge < -0.3 is 10.0 Å². The maximum atomic E-state index is 10.9. The second-order valence-electron chi connectivity index (χ2n) is 3.00. The van der Waals surface area contributed by atoms with Gasteiger partial charge in [0, 0.05) is 0 Å². The van der Waals surface area contributed by atoms with Crippen LogP contribution in [-0.2, 0) is 0 Å². The second kappa shape index (κ2) is 5.24. The molecule has 0 bridgehead atoms. The molecule has 0 fully saturated rings. The summed E-state index contributed by atoms with van der Waals surface area (Å²) in [5, 5.41) is 10.9. The molecule has 9 heavy (non-hydrogen) atoms. The van der Waals surface area contributed by atoms with Crippen LogP contribution in [0.15, 0.2) is 0 Å². The van der Waals surface area contributed by atoms with E-state index in [1.54, 1.807) is 13.8 Å². The van der Waals surface area contributed by atoms with E-state index in [2.05, 4.69) is 0 Å². The van der Waals surface area contributed by atoms with Gasteiger partial charge in [-0.05, 0) is 20.6 Å². The number of hydrogen-bond acceptors (Lipinski definition) is 2. The van der Waals surface area contributed by atoms with Gasteiger partial charge in [0.25, 0.3) is 0 Å². The van der Waals surface area contributed by atoms with Crippen LogP contribution in [0.1, 0.15) is 13.8 Å². The van der Waals surface area contributed by atoms with Gasteiger partial charge in [-0.3, -0.25) is 0 Å².